The van der Waals surface area contributed by atoms with E-state index in [9.17, 15) is 0 Å². The van der Waals surface area contributed by atoms with E-state index in [0.29, 0.717) is 5.95 Å². The SMILES string of the molecule is CCc1nc(N)nc(N2CCN(Cc3ccncc3)CC2)c1C. The Morgan fingerprint density at radius 1 is 1.09 bits per heavy atom. The van der Waals surface area contributed by atoms with Crippen molar-refractivity contribution in [2.45, 2.75) is 26.8 Å². The summed E-state index contributed by atoms with van der Waals surface area (Å²) in [5.41, 5.74) is 9.39. The van der Waals surface area contributed by atoms with Crippen molar-refractivity contribution in [1.82, 2.24) is 19.9 Å². The molecule has 3 rings (SSSR count). The first kappa shape index (κ1) is 15.7. The molecule has 2 aromatic rings. The molecular weight excluding hydrogens is 288 g/mol. The van der Waals surface area contributed by atoms with Gasteiger partial charge >= 0.3 is 0 Å². The summed E-state index contributed by atoms with van der Waals surface area (Å²) >= 11 is 0. The highest BCUT2D eigenvalue weighted by atomic mass is 15.3. The van der Waals surface area contributed by atoms with Gasteiger partial charge in [0.15, 0.2) is 0 Å². The van der Waals surface area contributed by atoms with Crippen molar-refractivity contribution in [1.29, 1.82) is 0 Å². The summed E-state index contributed by atoms with van der Waals surface area (Å²) in [4.78, 5) is 17.7. The van der Waals surface area contributed by atoms with Crippen LogP contribution in [0.2, 0.25) is 0 Å². The van der Waals surface area contributed by atoms with Gasteiger partial charge in [-0.1, -0.05) is 6.92 Å². The Bertz CT molecular complexity index is 650. The third-order valence-electron chi connectivity index (χ3n) is 4.40. The quantitative estimate of drug-likeness (QED) is 0.925. The molecule has 1 saturated heterocycles. The minimum absolute atomic E-state index is 0.377. The van der Waals surface area contributed by atoms with Crippen LogP contribution in [-0.4, -0.2) is 46.0 Å². The van der Waals surface area contributed by atoms with E-state index in [1.807, 2.05) is 12.4 Å². The third kappa shape index (κ3) is 3.59. The smallest absolute Gasteiger partial charge is 0.222 e. The number of aromatic nitrogens is 3. The van der Waals surface area contributed by atoms with Crippen LogP contribution in [-0.2, 0) is 13.0 Å². The molecule has 0 aliphatic carbocycles. The van der Waals surface area contributed by atoms with Crippen LogP contribution >= 0.6 is 0 Å². The summed E-state index contributed by atoms with van der Waals surface area (Å²) in [6, 6.07) is 4.16. The molecule has 0 saturated carbocycles. The molecule has 6 heteroatoms. The molecule has 23 heavy (non-hydrogen) atoms. The van der Waals surface area contributed by atoms with E-state index in [-0.39, 0.29) is 0 Å². The lowest BCUT2D eigenvalue weighted by molar-refractivity contribution is 0.249. The van der Waals surface area contributed by atoms with E-state index in [4.69, 9.17) is 5.73 Å². The Balaban J connectivity index is 1.66. The Kier molecular flexibility index (Phi) is 4.71. The molecule has 0 radical (unpaired) electrons. The zero-order chi connectivity index (χ0) is 16.2. The van der Waals surface area contributed by atoms with Gasteiger partial charge < -0.3 is 10.6 Å². The fourth-order valence-electron chi connectivity index (χ4n) is 3.08. The number of anilines is 2. The van der Waals surface area contributed by atoms with Crippen LogP contribution in [0.3, 0.4) is 0 Å². The number of aryl methyl sites for hydroxylation is 1. The Labute approximate surface area is 137 Å². The van der Waals surface area contributed by atoms with Gasteiger partial charge in [-0.15, -0.1) is 0 Å². The van der Waals surface area contributed by atoms with Crippen molar-refractivity contribution < 1.29 is 0 Å². The van der Waals surface area contributed by atoms with Crippen molar-refractivity contribution in [2.75, 3.05) is 36.8 Å². The van der Waals surface area contributed by atoms with E-state index in [0.717, 1.165) is 56.2 Å². The molecule has 0 spiro atoms. The molecule has 2 N–H and O–H groups in total. The molecule has 2 aromatic heterocycles. The maximum absolute atomic E-state index is 5.87. The van der Waals surface area contributed by atoms with E-state index in [2.05, 4.69) is 50.7 Å². The van der Waals surface area contributed by atoms with Crippen LogP contribution in [0.5, 0.6) is 0 Å². The molecule has 1 aliphatic heterocycles. The maximum Gasteiger partial charge on any atom is 0.222 e. The molecule has 1 fully saturated rings. The molecule has 0 bridgehead atoms. The van der Waals surface area contributed by atoms with E-state index < -0.39 is 0 Å². The van der Waals surface area contributed by atoms with Crippen LogP contribution in [0.15, 0.2) is 24.5 Å². The Morgan fingerprint density at radius 3 is 2.43 bits per heavy atom. The van der Waals surface area contributed by atoms with E-state index >= 15 is 0 Å². The second-order valence-electron chi connectivity index (χ2n) is 5.95. The Hall–Kier alpha value is -2.21. The van der Waals surface area contributed by atoms with Gasteiger partial charge in [-0.2, -0.15) is 4.98 Å². The Morgan fingerprint density at radius 2 is 1.78 bits per heavy atom. The van der Waals surface area contributed by atoms with Crippen LogP contribution < -0.4 is 10.6 Å². The first-order valence-corrected chi connectivity index (χ1v) is 8.16. The van der Waals surface area contributed by atoms with Gasteiger partial charge in [0.1, 0.15) is 5.82 Å². The lowest BCUT2D eigenvalue weighted by Crippen LogP contribution is -2.46. The second kappa shape index (κ2) is 6.91. The summed E-state index contributed by atoms with van der Waals surface area (Å²) < 4.78 is 0. The van der Waals surface area contributed by atoms with Gasteiger partial charge in [-0.05, 0) is 31.0 Å². The molecule has 0 unspecified atom stereocenters. The summed E-state index contributed by atoms with van der Waals surface area (Å²) in [5.74, 6) is 1.37. The molecule has 6 nitrogen and oxygen atoms in total. The molecule has 3 heterocycles. The first-order valence-electron chi connectivity index (χ1n) is 8.16. The topological polar surface area (TPSA) is 71.2 Å². The molecular formula is C17H24N6. The largest absolute Gasteiger partial charge is 0.368 e. The van der Waals surface area contributed by atoms with Gasteiger partial charge in [0.05, 0.1) is 5.69 Å². The second-order valence-corrected chi connectivity index (χ2v) is 5.95. The zero-order valence-electron chi connectivity index (χ0n) is 13.9. The van der Waals surface area contributed by atoms with Crippen molar-refractivity contribution in [3.8, 4) is 0 Å². The van der Waals surface area contributed by atoms with Crippen molar-refractivity contribution in [2.24, 2.45) is 0 Å². The predicted octanol–water partition coefficient (Wildman–Crippen LogP) is 1.65. The van der Waals surface area contributed by atoms with Gasteiger partial charge in [0, 0.05) is 50.7 Å². The molecule has 0 aromatic carbocycles. The third-order valence-corrected chi connectivity index (χ3v) is 4.40. The molecule has 1 aliphatic rings. The predicted molar refractivity (Wildman–Crippen MR) is 92.3 cm³/mol. The molecule has 0 amide bonds. The fourth-order valence-corrected chi connectivity index (χ4v) is 3.08. The lowest BCUT2D eigenvalue weighted by Gasteiger charge is -2.36. The number of nitrogens with two attached hydrogens (primary N) is 1. The highest BCUT2D eigenvalue weighted by Crippen LogP contribution is 2.23. The normalized spacial score (nSPS) is 15.8. The highest BCUT2D eigenvalue weighted by Gasteiger charge is 2.21. The van der Waals surface area contributed by atoms with Gasteiger partial charge in [0.25, 0.3) is 0 Å². The van der Waals surface area contributed by atoms with Crippen LogP contribution in [0.4, 0.5) is 11.8 Å². The highest BCUT2D eigenvalue weighted by molar-refractivity contribution is 5.51. The standard InChI is InChI=1S/C17H24N6/c1-3-15-13(2)16(21-17(18)20-15)23-10-8-22(9-11-23)12-14-4-6-19-7-5-14/h4-7H,3,8-12H2,1-2H3,(H2,18,20,21). The van der Waals surface area contributed by atoms with E-state index in [1.54, 1.807) is 0 Å². The van der Waals surface area contributed by atoms with Gasteiger partial charge in [-0.25, -0.2) is 4.98 Å². The summed E-state index contributed by atoms with van der Waals surface area (Å²) in [7, 11) is 0. The van der Waals surface area contributed by atoms with Gasteiger partial charge in [-0.3, -0.25) is 9.88 Å². The van der Waals surface area contributed by atoms with Crippen molar-refractivity contribution in [3.05, 3.63) is 41.3 Å². The molecule has 122 valence electrons. The van der Waals surface area contributed by atoms with Crippen LogP contribution in [0.25, 0.3) is 0 Å². The number of hydrogen-bond acceptors (Lipinski definition) is 6. The average Bonchev–Trinajstić information content (AvgIpc) is 2.58. The van der Waals surface area contributed by atoms with E-state index in [1.165, 1.54) is 5.56 Å². The summed E-state index contributed by atoms with van der Waals surface area (Å²) in [6.45, 7) is 9.14. The number of pyridine rings is 1. The number of nitrogen functional groups attached to an aromatic ring is 1. The van der Waals surface area contributed by atoms with Gasteiger partial charge in [0.2, 0.25) is 5.95 Å². The maximum atomic E-state index is 5.87. The lowest BCUT2D eigenvalue weighted by atomic mass is 10.1. The number of nitrogens with zero attached hydrogens (tertiary/aromatic N) is 5. The first-order chi connectivity index (χ1) is 11.2. The number of piperazine rings is 1. The molecule has 0 atom stereocenters. The van der Waals surface area contributed by atoms with Crippen molar-refractivity contribution in [3.63, 3.8) is 0 Å². The van der Waals surface area contributed by atoms with Crippen LogP contribution in [0.1, 0.15) is 23.7 Å². The zero-order valence-corrected chi connectivity index (χ0v) is 13.9. The number of hydrogen-bond donors (Lipinski definition) is 1. The summed E-state index contributed by atoms with van der Waals surface area (Å²) in [6.07, 6.45) is 4.59. The summed E-state index contributed by atoms with van der Waals surface area (Å²) in [5, 5.41) is 0. The monoisotopic (exact) mass is 312 g/mol. The minimum Gasteiger partial charge on any atom is -0.368 e. The average molecular weight is 312 g/mol. The van der Waals surface area contributed by atoms with Crippen molar-refractivity contribution >= 4 is 11.8 Å². The number of rotatable bonds is 4. The minimum atomic E-state index is 0.377. The van der Waals surface area contributed by atoms with Crippen LogP contribution in [0, 0.1) is 6.92 Å². The fraction of sp³-hybridized carbons (Fsp3) is 0.471.